The van der Waals surface area contributed by atoms with E-state index in [1.54, 1.807) is 12.1 Å². The van der Waals surface area contributed by atoms with Crippen molar-refractivity contribution in [2.45, 2.75) is 0 Å². The molecule has 0 radical (unpaired) electrons. The van der Waals surface area contributed by atoms with Crippen LogP contribution in [0, 0.1) is 11.3 Å². The molecule has 7 aromatic rings. The number of rotatable bonds is 3. The minimum Gasteiger partial charge on any atom is -0.274 e. The zero-order valence-electron chi connectivity index (χ0n) is 21.0. The minimum absolute atomic E-state index is 0.140. The van der Waals surface area contributed by atoms with Gasteiger partial charge in [-0.2, -0.15) is 5.26 Å². The second-order valence-corrected chi connectivity index (χ2v) is 9.57. The van der Waals surface area contributed by atoms with Crippen LogP contribution in [-0.2, 0) is 0 Å². The number of hydrogen-bond donors (Lipinski definition) is 0. The molecule has 7 rings (SSSR count). The van der Waals surface area contributed by atoms with Crippen molar-refractivity contribution in [2.75, 3.05) is 0 Å². The van der Waals surface area contributed by atoms with Crippen LogP contribution in [0.15, 0.2) is 138 Å². The Kier molecular flexibility index (Phi) is 5.32. The molecule has 0 amide bonds. The normalized spacial score (nSPS) is 11.2. The first-order valence-electron chi connectivity index (χ1n) is 12.9. The highest BCUT2D eigenvalue weighted by molar-refractivity contribution is 6.18. The van der Waals surface area contributed by atoms with E-state index >= 15 is 0 Å². The molecule has 182 valence electrons. The monoisotopic (exact) mass is 498 g/mol. The van der Waals surface area contributed by atoms with Crippen LogP contribution in [-0.4, -0.2) is 4.40 Å². The van der Waals surface area contributed by atoms with Gasteiger partial charge in [-0.05, 0) is 34.2 Å². The van der Waals surface area contributed by atoms with E-state index in [0.717, 1.165) is 49.8 Å². The number of nitrogens with zero attached hydrogens (tertiary/aromatic N) is 2. The summed E-state index contributed by atoms with van der Waals surface area (Å²) in [5.74, 6) is 0. The molecule has 0 aliphatic rings. The van der Waals surface area contributed by atoms with E-state index < -0.39 is 0 Å². The van der Waals surface area contributed by atoms with E-state index in [4.69, 9.17) is 0 Å². The highest BCUT2D eigenvalue weighted by atomic mass is 16.1. The number of benzene rings is 5. The summed E-state index contributed by atoms with van der Waals surface area (Å²) in [5.41, 5.74) is 6.81. The van der Waals surface area contributed by atoms with Crippen LogP contribution >= 0.6 is 0 Å². The van der Waals surface area contributed by atoms with Gasteiger partial charge >= 0.3 is 0 Å². The first-order valence-corrected chi connectivity index (χ1v) is 12.9. The molecule has 3 nitrogen and oxygen atoms in total. The maximum atomic E-state index is 14.6. The van der Waals surface area contributed by atoms with E-state index in [1.807, 2.05) is 77.2 Å². The zero-order chi connectivity index (χ0) is 26.3. The van der Waals surface area contributed by atoms with Crippen LogP contribution in [0.4, 0.5) is 0 Å². The number of fused-ring (bicyclic) bond motifs is 4. The third kappa shape index (κ3) is 3.47. The van der Waals surface area contributed by atoms with Crippen LogP contribution in [0.3, 0.4) is 0 Å². The number of pyridine rings is 2. The van der Waals surface area contributed by atoms with E-state index in [-0.39, 0.29) is 5.56 Å². The Morgan fingerprint density at radius 2 is 1.03 bits per heavy atom. The van der Waals surface area contributed by atoms with Gasteiger partial charge in [-0.25, -0.2) is 0 Å². The van der Waals surface area contributed by atoms with Crippen molar-refractivity contribution in [3.05, 3.63) is 149 Å². The van der Waals surface area contributed by atoms with E-state index in [1.165, 1.54) is 0 Å². The van der Waals surface area contributed by atoms with Crippen molar-refractivity contribution in [3.8, 4) is 39.6 Å². The molecule has 2 aromatic heterocycles. The fourth-order valence-electron chi connectivity index (χ4n) is 5.81. The summed E-state index contributed by atoms with van der Waals surface area (Å²) in [6.45, 7) is 0. The third-order valence-corrected chi connectivity index (χ3v) is 7.41. The van der Waals surface area contributed by atoms with Crippen LogP contribution in [0.5, 0.6) is 0 Å². The molecule has 0 unspecified atom stereocenters. The minimum atomic E-state index is -0.140. The SMILES string of the molecule is N#Cc1cccc2c(=O)n3c(-c4ccccc4)c(-c4ccccc4)c4ccccc4c3c(-c3ccccc3)c12. The van der Waals surface area contributed by atoms with Crippen LogP contribution in [0.1, 0.15) is 5.56 Å². The fourth-order valence-corrected chi connectivity index (χ4v) is 5.81. The van der Waals surface area contributed by atoms with Crippen molar-refractivity contribution < 1.29 is 0 Å². The van der Waals surface area contributed by atoms with E-state index in [0.29, 0.717) is 16.3 Å². The predicted octanol–water partition coefficient (Wildman–Crippen LogP) is 8.48. The number of nitriles is 1. The van der Waals surface area contributed by atoms with Crippen molar-refractivity contribution in [1.82, 2.24) is 4.40 Å². The van der Waals surface area contributed by atoms with E-state index in [2.05, 4.69) is 54.6 Å². The first-order chi connectivity index (χ1) is 19.3. The molecule has 0 saturated heterocycles. The van der Waals surface area contributed by atoms with Crippen LogP contribution in [0.25, 0.3) is 60.6 Å². The predicted molar refractivity (Wildman–Crippen MR) is 160 cm³/mol. The van der Waals surface area contributed by atoms with Crippen LogP contribution in [0.2, 0.25) is 0 Å². The standard InChI is InChI=1S/C36H22N2O/c37-23-27-19-12-22-30-31(27)33(25-15-6-2-7-16-25)35-29-21-11-10-20-28(29)32(24-13-4-1-5-14-24)34(38(35)36(30)39)26-17-8-3-9-18-26/h1-22H. The Morgan fingerprint density at radius 1 is 0.513 bits per heavy atom. The summed E-state index contributed by atoms with van der Waals surface area (Å²) in [5, 5.41) is 13.4. The molecule has 0 spiro atoms. The summed E-state index contributed by atoms with van der Waals surface area (Å²) in [6.07, 6.45) is 0. The van der Waals surface area contributed by atoms with Gasteiger partial charge in [0.05, 0.1) is 22.8 Å². The lowest BCUT2D eigenvalue weighted by Gasteiger charge is -2.22. The van der Waals surface area contributed by atoms with Gasteiger partial charge in [-0.3, -0.25) is 9.20 Å². The maximum Gasteiger partial charge on any atom is 0.263 e. The molecule has 39 heavy (non-hydrogen) atoms. The summed E-state index contributed by atoms with van der Waals surface area (Å²) < 4.78 is 1.88. The van der Waals surface area contributed by atoms with Crippen molar-refractivity contribution in [1.29, 1.82) is 5.26 Å². The van der Waals surface area contributed by atoms with Crippen molar-refractivity contribution in [2.24, 2.45) is 0 Å². The Hall–Kier alpha value is -5.46. The van der Waals surface area contributed by atoms with Gasteiger partial charge in [0.1, 0.15) is 0 Å². The Morgan fingerprint density at radius 3 is 1.64 bits per heavy atom. The summed E-state index contributed by atoms with van der Waals surface area (Å²) in [7, 11) is 0. The Balaban J connectivity index is 1.88. The molecule has 2 heterocycles. The summed E-state index contributed by atoms with van der Waals surface area (Å²) >= 11 is 0. The van der Waals surface area contributed by atoms with Gasteiger partial charge < -0.3 is 0 Å². The lowest BCUT2D eigenvalue weighted by atomic mass is 9.88. The molecule has 5 aromatic carbocycles. The third-order valence-electron chi connectivity index (χ3n) is 7.41. The molecule has 3 heteroatoms. The fraction of sp³-hybridized carbons (Fsp3) is 0. The average molecular weight is 499 g/mol. The molecule has 0 bridgehead atoms. The van der Waals surface area contributed by atoms with Gasteiger partial charge in [0.2, 0.25) is 0 Å². The number of aromatic nitrogens is 1. The highest BCUT2D eigenvalue weighted by Crippen LogP contribution is 2.44. The van der Waals surface area contributed by atoms with Gasteiger partial charge in [-0.15, -0.1) is 0 Å². The first kappa shape index (κ1) is 22.7. The molecule has 0 N–H and O–H groups in total. The molecule has 0 aliphatic heterocycles. The zero-order valence-corrected chi connectivity index (χ0v) is 21.0. The lowest BCUT2D eigenvalue weighted by Crippen LogP contribution is -2.19. The lowest BCUT2D eigenvalue weighted by molar-refractivity contribution is 1.14. The second kappa shape index (κ2) is 9.13. The number of hydrogen-bond acceptors (Lipinski definition) is 2. The van der Waals surface area contributed by atoms with Gasteiger partial charge in [0.15, 0.2) is 0 Å². The Bertz CT molecular complexity index is 2120. The van der Waals surface area contributed by atoms with Crippen LogP contribution < -0.4 is 5.56 Å². The smallest absolute Gasteiger partial charge is 0.263 e. The second-order valence-electron chi connectivity index (χ2n) is 9.57. The summed E-state index contributed by atoms with van der Waals surface area (Å²) in [4.78, 5) is 14.6. The largest absolute Gasteiger partial charge is 0.274 e. The summed E-state index contributed by atoms with van der Waals surface area (Å²) in [6, 6.07) is 46.5. The topological polar surface area (TPSA) is 45.3 Å². The highest BCUT2D eigenvalue weighted by Gasteiger charge is 2.24. The molecular weight excluding hydrogens is 476 g/mol. The quantitative estimate of drug-likeness (QED) is 0.181. The van der Waals surface area contributed by atoms with Gasteiger partial charge in [-0.1, -0.05) is 121 Å². The molecule has 0 fully saturated rings. The molecule has 0 atom stereocenters. The molecular formula is C36H22N2O. The maximum absolute atomic E-state index is 14.6. The van der Waals surface area contributed by atoms with Crippen molar-refractivity contribution >= 4 is 27.1 Å². The van der Waals surface area contributed by atoms with Crippen molar-refractivity contribution in [3.63, 3.8) is 0 Å². The Labute approximate surface area is 225 Å². The van der Waals surface area contributed by atoms with Gasteiger partial charge in [0.25, 0.3) is 5.56 Å². The van der Waals surface area contributed by atoms with E-state index in [9.17, 15) is 10.1 Å². The average Bonchev–Trinajstić information content (AvgIpc) is 3.01. The molecule has 0 saturated carbocycles. The molecule has 0 aliphatic carbocycles. The van der Waals surface area contributed by atoms with Gasteiger partial charge in [0, 0.05) is 27.3 Å².